The smallest absolute Gasteiger partial charge is 0.238 e. The van der Waals surface area contributed by atoms with Crippen molar-refractivity contribution in [3.63, 3.8) is 0 Å². The van der Waals surface area contributed by atoms with Crippen molar-refractivity contribution in [1.29, 1.82) is 0 Å². The van der Waals surface area contributed by atoms with Gasteiger partial charge in [-0.2, -0.15) is 0 Å². The molecule has 1 aromatic carbocycles. The van der Waals surface area contributed by atoms with Crippen molar-refractivity contribution >= 4 is 17.5 Å². The molecule has 0 atom stereocenters. The average Bonchev–Trinajstić information content (AvgIpc) is 2.47. The summed E-state index contributed by atoms with van der Waals surface area (Å²) in [4.78, 5) is 27.9. The molecule has 0 fully saturated rings. The highest BCUT2D eigenvalue weighted by Crippen LogP contribution is 2.29. The first-order chi connectivity index (χ1) is 11.2. The van der Waals surface area contributed by atoms with Gasteiger partial charge >= 0.3 is 0 Å². The lowest BCUT2D eigenvalue weighted by atomic mass is 9.86. The van der Waals surface area contributed by atoms with Crippen LogP contribution in [0.15, 0.2) is 24.3 Å². The van der Waals surface area contributed by atoms with Gasteiger partial charge in [-0.1, -0.05) is 39.0 Å². The van der Waals surface area contributed by atoms with Crippen molar-refractivity contribution < 1.29 is 9.59 Å². The van der Waals surface area contributed by atoms with Crippen LogP contribution in [-0.2, 0) is 15.0 Å². The molecule has 0 saturated carbocycles. The van der Waals surface area contributed by atoms with Crippen molar-refractivity contribution in [2.45, 2.75) is 40.0 Å². The van der Waals surface area contributed by atoms with Gasteiger partial charge < -0.3 is 10.2 Å². The largest absolute Gasteiger partial charge is 0.342 e. The predicted molar refractivity (Wildman–Crippen MR) is 99.2 cm³/mol. The number of para-hydroxylation sites is 1. The van der Waals surface area contributed by atoms with E-state index in [4.69, 9.17) is 0 Å². The van der Waals surface area contributed by atoms with Gasteiger partial charge in [-0.15, -0.1) is 0 Å². The van der Waals surface area contributed by atoms with Gasteiger partial charge in [-0.25, -0.2) is 0 Å². The molecule has 2 amide bonds. The molecule has 1 rings (SSSR count). The second-order valence-corrected chi connectivity index (χ2v) is 7.08. The van der Waals surface area contributed by atoms with Crippen molar-refractivity contribution in [2.24, 2.45) is 0 Å². The molecule has 24 heavy (non-hydrogen) atoms. The lowest BCUT2D eigenvalue weighted by Gasteiger charge is -2.24. The van der Waals surface area contributed by atoms with Crippen LogP contribution in [0.2, 0.25) is 0 Å². The van der Waals surface area contributed by atoms with E-state index >= 15 is 0 Å². The van der Waals surface area contributed by atoms with Crippen LogP contribution < -0.4 is 5.32 Å². The first-order valence-electron chi connectivity index (χ1n) is 8.54. The minimum atomic E-state index is -0.110. The van der Waals surface area contributed by atoms with Crippen molar-refractivity contribution in [3.05, 3.63) is 29.8 Å². The summed E-state index contributed by atoms with van der Waals surface area (Å²) in [7, 11) is 1.79. The van der Waals surface area contributed by atoms with Gasteiger partial charge in [0.1, 0.15) is 0 Å². The lowest BCUT2D eigenvalue weighted by Crippen LogP contribution is -2.41. The van der Waals surface area contributed by atoms with E-state index in [0.29, 0.717) is 13.1 Å². The number of hydrogen-bond donors (Lipinski definition) is 1. The zero-order chi connectivity index (χ0) is 18.3. The third-order valence-corrected chi connectivity index (χ3v) is 3.94. The van der Waals surface area contributed by atoms with Crippen LogP contribution in [0, 0.1) is 0 Å². The van der Waals surface area contributed by atoms with Gasteiger partial charge in [0.15, 0.2) is 0 Å². The number of amides is 2. The number of carbonyl (C=O) groups is 2. The maximum absolute atomic E-state index is 12.3. The molecule has 5 nitrogen and oxygen atoms in total. The molecule has 134 valence electrons. The minimum Gasteiger partial charge on any atom is -0.342 e. The second-order valence-electron chi connectivity index (χ2n) is 7.08. The summed E-state index contributed by atoms with van der Waals surface area (Å²) in [5.41, 5.74) is 1.88. The molecule has 0 aliphatic heterocycles. The molecule has 0 aliphatic carbocycles. The highest BCUT2D eigenvalue weighted by atomic mass is 16.2. The van der Waals surface area contributed by atoms with E-state index < -0.39 is 0 Å². The van der Waals surface area contributed by atoms with E-state index in [9.17, 15) is 9.59 Å². The number of benzene rings is 1. The first kappa shape index (κ1) is 20.2. The Hall–Kier alpha value is -1.88. The Bertz CT molecular complexity index is 560. The molecule has 5 heteroatoms. The molecular weight excluding hydrogens is 302 g/mol. The first-order valence-corrected chi connectivity index (χ1v) is 8.54. The van der Waals surface area contributed by atoms with Crippen LogP contribution in [0.25, 0.3) is 0 Å². The standard InChI is InChI=1S/C19H31N3O2/c1-7-22(8-2)18(24)14-21(6)13-17(23)20-16-12-10-9-11-15(16)19(3,4)5/h9-12H,7-8,13-14H2,1-6H3,(H,20,23). The maximum atomic E-state index is 12.3. The van der Waals surface area contributed by atoms with Gasteiger partial charge in [-0.3, -0.25) is 14.5 Å². The van der Waals surface area contributed by atoms with Crippen molar-refractivity contribution in [3.8, 4) is 0 Å². The van der Waals surface area contributed by atoms with E-state index in [2.05, 4.69) is 26.1 Å². The summed E-state index contributed by atoms with van der Waals surface area (Å²) in [6.45, 7) is 12.1. The maximum Gasteiger partial charge on any atom is 0.238 e. The highest BCUT2D eigenvalue weighted by Gasteiger charge is 2.19. The van der Waals surface area contributed by atoms with Gasteiger partial charge in [0.05, 0.1) is 13.1 Å². The number of rotatable bonds is 7. The molecule has 0 radical (unpaired) electrons. The third kappa shape index (κ3) is 5.96. The topological polar surface area (TPSA) is 52.7 Å². The summed E-state index contributed by atoms with van der Waals surface area (Å²) in [6, 6.07) is 7.84. The average molecular weight is 333 g/mol. The molecule has 1 aromatic rings. The summed E-state index contributed by atoms with van der Waals surface area (Å²) in [5, 5.41) is 2.97. The number of hydrogen-bond acceptors (Lipinski definition) is 3. The summed E-state index contributed by atoms with van der Waals surface area (Å²) >= 11 is 0. The Morgan fingerprint density at radius 3 is 2.17 bits per heavy atom. The number of nitrogens with zero attached hydrogens (tertiary/aromatic N) is 2. The third-order valence-electron chi connectivity index (χ3n) is 3.94. The second kappa shape index (κ2) is 8.83. The number of nitrogens with one attached hydrogen (secondary N) is 1. The van der Waals surface area contributed by atoms with Crippen LogP contribution in [-0.4, -0.2) is 54.8 Å². The fourth-order valence-electron chi connectivity index (χ4n) is 2.64. The monoisotopic (exact) mass is 333 g/mol. The Balaban J connectivity index is 2.66. The molecule has 1 N–H and O–H groups in total. The van der Waals surface area contributed by atoms with E-state index in [1.54, 1.807) is 16.8 Å². The van der Waals surface area contributed by atoms with E-state index in [-0.39, 0.29) is 30.3 Å². The van der Waals surface area contributed by atoms with E-state index in [0.717, 1.165) is 11.3 Å². The normalized spacial score (nSPS) is 11.5. The fourth-order valence-corrected chi connectivity index (χ4v) is 2.64. The van der Waals surface area contributed by atoms with E-state index in [1.807, 2.05) is 38.1 Å². The number of carbonyl (C=O) groups excluding carboxylic acids is 2. The summed E-state index contributed by atoms with van der Waals surface area (Å²) in [5.74, 6) is -0.0630. The van der Waals surface area contributed by atoms with Crippen LogP contribution in [0.5, 0.6) is 0 Å². The quantitative estimate of drug-likeness (QED) is 0.835. The minimum absolute atomic E-state index is 0.0467. The molecule has 0 spiro atoms. The zero-order valence-corrected chi connectivity index (χ0v) is 15.8. The molecule has 0 heterocycles. The van der Waals surface area contributed by atoms with Crippen LogP contribution in [0.4, 0.5) is 5.69 Å². The predicted octanol–water partition coefficient (Wildman–Crippen LogP) is 2.72. The zero-order valence-electron chi connectivity index (χ0n) is 15.8. The van der Waals surface area contributed by atoms with Crippen LogP contribution >= 0.6 is 0 Å². The van der Waals surface area contributed by atoms with Gasteiger partial charge in [-0.05, 0) is 37.9 Å². The van der Waals surface area contributed by atoms with Crippen LogP contribution in [0.3, 0.4) is 0 Å². The Morgan fingerprint density at radius 2 is 1.62 bits per heavy atom. The molecule has 0 aliphatic rings. The lowest BCUT2D eigenvalue weighted by molar-refractivity contribution is -0.132. The fraction of sp³-hybridized carbons (Fsp3) is 0.579. The van der Waals surface area contributed by atoms with Crippen molar-refractivity contribution in [1.82, 2.24) is 9.80 Å². The van der Waals surface area contributed by atoms with Gasteiger partial charge in [0.25, 0.3) is 0 Å². The molecule has 0 aromatic heterocycles. The van der Waals surface area contributed by atoms with Crippen molar-refractivity contribution in [2.75, 3.05) is 38.5 Å². The van der Waals surface area contributed by atoms with Gasteiger partial charge in [0, 0.05) is 18.8 Å². The van der Waals surface area contributed by atoms with E-state index in [1.165, 1.54) is 0 Å². The number of likely N-dealkylation sites (N-methyl/N-ethyl adjacent to an activating group) is 2. The Kier molecular flexibility index (Phi) is 7.42. The van der Waals surface area contributed by atoms with Crippen LogP contribution in [0.1, 0.15) is 40.2 Å². The SMILES string of the molecule is CCN(CC)C(=O)CN(C)CC(=O)Nc1ccccc1C(C)(C)C. The summed E-state index contributed by atoms with van der Waals surface area (Å²) in [6.07, 6.45) is 0. The number of anilines is 1. The highest BCUT2D eigenvalue weighted by molar-refractivity contribution is 5.93. The molecule has 0 unspecified atom stereocenters. The Labute approximate surface area is 146 Å². The Morgan fingerprint density at radius 1 is 1.04 bits per heavy atom. The molecule has 0 saturated heterocycles. The van der Waals surface area contributed by atoms with Gasteiger partial charge in [0.2, 0.25) is 11.8 Å². The summed E-state index contributed by atoms with van der Waals surface area (Å²) < 4.78 is 0. The molecule has 0 bridgehead atoms. The molecular formula is C19H31N3O2.